The summed E-state index contributed by atoms with van der Waals surface area (Å²) in [5, 5.41) is 0. The first-order valence-electron chi connectivity index (χ1n) is 23.6. The zero-order valence-electron chi connectivity index (χ0n) is 36.9. The fraction of sp³-hybridized carbons (Fsp3) is 0.780. The number of ether oxygens (including phenoxy) is 3. The van der Waals surface area contributed by atoms with E-state index in [4.69, 9.17) is 14.2 Å². The Balaban J connectivity index is 4.40. The molecule has 0 unspecified atom stereocenters. The monoisotopic (exact) mass is 785 g/mol. The lowest BCUT2D eigenvalue weighted by Crippen LogP contribution is -2.30. The average molecular weight is 785 g/mol. The van der Waals surface area contributed by atoms with Crippen LogP contribution in [0.4, 0.5) is 0 Å². The minimum atomic E-state index is -0.783. The van der Waals surface area contributed by atoms with Gasteiger partial charge in [-0.05, 0) is 57.8 Å². The van der Waals surface area contributed by atoms with Crippen LogP contribution in [0.2, 0.25) is 0 Å². The van der Waals surface area contributed by atoms with Crippen molar-refractivity contribution in [1.82, 2.24) is 0 Å². The first-order chi connectivity index (χ1) is 27.5. The maximum absolute atomic E-state index is 12.7. The van der Waals surface area contributed by atoms with E-state index in [1.54, 1.807) is 0 Å². The van der Waals surface area contributed by atoms with E-state index in [0.717, 1.165) is 83.5 Å². The molecule has 0 rings (SSSR count). The number of carbonyl (C=O) groups is 3. The highest BCUT2D eigenvalue weighted by atomic mass is 16.6. The van der Waals surface area contributed by atoms with Gasteiger partial charge in [-0.2, -0.15) is 0 Å². The number of unbranched alkanes of at least 4 members (excludes halogenated alkanes) is 23. The van der Waals surface area contributed by atoms with Crippen molar-refractivity contribution in [3.05, 3.63) is 48.6 Å². The lowest BCUT2D eigenvalue weighted by molar-refractivity contribution is -0.167. The van der Waals surface area contributed by atoms with Crippen molar-refractivity contribution in [2.75, 3.05) is 13.2 Å². The quantitative estimate of drug-likeness (QED) is 0.0265. The number of allylic oxidation sites excluding steroid dienone is 8. The van der Waals surface area contributed by atoms with Crippen molar-refractivity contribution in [2.24, 2.45) is 0 Å². The largest absolute Gasteiger partial charge is 0.462 e. The van der Waals surface area contributed by atoms with Gasteiger partial charge in [0.05, 0.1) is 0 Å². The maximum Gasteiger partial charge on any atom is 0.306 e. The molecule has 0 N–H and O–H groups in total. The molecule has 0 saturated carbocycles. The summed E-state index contributed by atoms with van der Waals surface area (Å²) in [7, 11) is 0. The van der Waals surface area contributed by atoms with Crippen molar-refractivity contribution >= 4 is 17.9 Å². The van der Waals surface area contributed by atoms with Gasteiger partial charge in [0.15, 0.2) is 6.10 Å². The van der Waals surface area contributed by atoms with Gasteiger partial charge in [-0.3, -0.25) is 14.4 Å². The minimum absolute atomic E-state index is 0.0835. The molecule has 56 heavy (non-hydrogen) atoms. The lowest BCUT2D eigenvalue weighted by atomic mass is 10.0. The SMILES string of the molecule is CC/C=C\C/C=C\C/C=C\C/C=C\CCCCC(=O)OC[C@@H](COC(=O)CCCCCCCCCCC)OC(=O)CCCCCCCCCCCCCCCC. The maximum atomic E-state index is 12.7. The molecule has 6 nitrogen and oxygen atoms in total. The molecule has 0 heterocycles. The number of esters is 3. The number of rotatable bonds is 42. The third kappa shape index (κ3) is 42.5. The molecule has 0 aromatic rings. The summed E-state index contributed by atoms with van der Waals surface area (Å²) in [6.45, 7) is 6.47. The van der Waals surface area contributed by atoms with E-state index in [9.17, 15) is 14.4 Å². The predicted molar refractivity (Wildman–Crippen MR) is 238 cm³/mol. The fourth-order valence-electron chi connectivity index (χ4n) is 6.55. The van der Waals surface area contributed by atoms with Gasteiger partial charge in [0.1, 0.15) is 13.2 Å². The summed E-state index contributed by atoms with van der Waals surface area (Å²) >= 11 is 0. The Morgan fingerprint density at radius 2 is 0.696 bits per heavy atom. The van der Waals surface area contributed by atoms with Crippen molar-refractivity contribution in [3.63, 3.8) is 0 Å². The van der Waals surface area contributed by atoms with E-state index in [1.807, 2.05) is 0 Å². The van der Waals surface area contributed by atoms with Gasteiger partial charge in [0.2, 0.25) is 0 Å². The van der Waals surface area contributed by atoms with E-state index in [-0.39, 0.29) is 31.1 Å². The van der Waals surface area contributed by atoms with Crippen LogP contribution in [0.3, 0.4) is 0 Å². The van der Waals surface area contributed by atoms with Crippen LogP contribution in [0.25, 0.3) is 0 Å². The summed E-state index contributed by atoms with van der Waals surface area (Å²) in [4.78, 5) is 37.7. The number of carbonyl (C=O) groups excluding carboxylic acids is 3. The van der Waals surface area contributed by atoms with Crippen LogP contribution >= 0.6 is 0 Å². The third-order valence-corrected chi connectivity index (χ3v) is 10.1. The van der Waals surface area contributed by atoms with Crippen molar-refractivity contribution in [2.45, 2.75) is 239 Å². The highest BCUT2D eigenvalue weighted by Gasteiger charge is 2.19. The van der Waals surface area contributed by atoms with Gasteiger partial charge < -0.3 is 14.2 Å². The van der Waals surface area contributed by atoms with Crippen LogP contribution < -0.4 is 0 Å². The summed E-state index contributed by atoms with van der Waals surface area (Å²) in [6, 6.07) is 0. The molecule has 0 bridgehead atoms. The van der Waals surface area contributed by atoms with E-state index < -0.39 is 6.10 Å². The summed E-state index contributed by atoms with van der Waals surface area (Å²) < 4.78 is 16.7. The molecule has 0 radical (unpaired) electrons. The highest BCUT2D eigenvalue weighted by Crippen LogP contribution is 2.15. The zero-order valence-corrected chi connectivity index (χ0v) is 36.9. The molecule has 1 atom stereocenters. The van der Waals surface area contributed by atoms with Gasteiger partial charge in [0, 0.05) is 19.3 Å². The van der Waals surface area contributed by atoms with Crippen molar-refractivity contribution < 1.29 is 28.6 Å². The Bertz CT molecular complexity index is 996. The summed E-state index contributed by atoms with van der Waals surface area (Å²) in [6.07, 6.45) is 52.4. The number of hydrogen-bond acceptors (Lipinski definition) is 6. The molecule has 0 aromatic carbocycles. The third-order valence-electron chi connectivity index (χ3n) is 10.1. The molecule has 0 saturated heterocycles. The second kappa shape index (κ2) is 45.1. The second-order valence-corrected chi connectivity index (χ2v) is 15.6. The van der Waals surface area contributed by atoms with Gasteiger partial charge in [-0.15, -0.1) is 0 Å². The van der Waals surface area contributed by atoms with E-state index in [1.165, 1.54) is 109 Å². The zero-order chi connectivity index (χ0) is 40.8. The molecule has 0 fully saturated rings. The normalized spacial score (nSPS) is 12.4. The molecule has 324 valence electrons. The van der Waals surface area contributed by atoms with Crippen LogP contribution in [0.15, 0.2) is 48.6 Å². The molecule has 0 amide bonds. The molecule has 0 aromatic heterocycles. The van der Waals surface area contributed by atoms with Crippen LogP contribution in [0, 0.1) is 0 Å². The summed E-state index contributed by atoms with van der Waals surface area (Å²) in [5.74, 6) is -0.926. The van der Waals surface area contributed by atoms with Crippen molar-refractivity contribution in [3.8, 4) is 0 Å². The van der Waals surface area contributed by atoms with Gasteiger partial charge in [-0.25, -0.2) is 0 Å². The average Bonchev–Trinajstić information content (AvgIpc) is 3.19. The Kier molecular flexibility index (Phi) is 43.0. The van der Waals surface area contributed by atoms with Gasteiger partial charge >= 0.3 is 17.9 Å². The predicted octanol–water partition coefficient (Wildman–Crippen LogP) is 15.1. The second-order valence-electron chi connectivity index (χ2n) is 15.6. The highest BCUT2D eigenvalue weighted by molar-refractivity contribution is 5.71. The van der Waals surface area contributed by atoms with Crippen molar-refractivity contribution in [1.29, 1.82) is 0 Å². The lowest BCUT2D eigenvalue weighted by Gasteiger charge is -2.18. The molecular weight excluding hydrogens is 697 g/mol. The molecule has 0 spiro atoms. The standard InChI is InChI=1S/C50H88O6/c1-4-7-10-13-16-19-21-23-25-27-28-31-34-37-40-43-49(52)55-46-47(45-54-48(51)42-39-36-33-30-18-15-12-9-6-3)56-50(53)44-41-38-35-32-29-26-24-22-20-17-14-11-8-5-2/h7,10,16,19,23,25,28,31,47H,4-6,8-9,11-15,17-18,20-22,24,26-27,29-30,32-46H2,1-3H3/b10-7-,19-16-,25-23-,31-28-/t47-/m1/s1. The molecular formula is C50H88O6. The van der Waals surface area contributed by atoms with Crippen LogP contribution in [0.1, 0.15) is 233 Å². The fourth-order valence-corrected chi connectivity index (χ4v) is 6.55. The van der Waals surface area contributed by atoms with Gasteiger partial charge in [-0.1, -0.05) is 204 Å². The van der Waals surface area contributed by atoms with E-state index in [0.29, 0.717) is 19.3 Å². The van der Waals surface area contributed by atoms with Crippen LogP contribution in [-0.4, -0.2) is 37.2 Å². The smallest absolute Gasteiger partial charge is 0.306 e. The number of hydrogen-bond donors (Lipinski definition) is 0. The minimum Gasteiger partial charge on any atom is -0.462 e. The Labute approximate surface area is 346 Å². The first kappa shape index (κ1) is 53.4. The molecule has 0 aliphatic rings. The molecule has 6 heteroatoms. The molecule has 0 aliphatic heterocycles. The Morgan fingerprint density at radius 3 is 1.09 bits per heavy atom. The van der Waals surface area contributed by atoms with E-state index in [2.05, 4.69) is 69.4 Å². The summed E-state index contributed by atoms with van der Waals surface area (Å²) in [5.41, 5.74) is 0. The van der Waals surface area contributed by atoms with Crippen LogP contribution in [-0.2, 0) is 28.6 Å². The molecule has 0 aliphatic carbocycles. The topological polar surface area (TPSA) is 78.9 Å². The Hall–Kier alpha value is -2.63. The van der Waals surface area contributed by atoms with Crippen LogP contribution in [0.5, 0.6) is 0 Å². The Morgan fingerprint density at radius 1 is 0.375 bits per heavy atom. The first-order valence-corrected chi connectivity index (χ1v) is 23.6. The van der Waals surface area contributed by atoms with E-state index >= 15 is 0 Å². The van der Waals surface area contributed by atoms with Gasteiger partial charge in [0.25, 0.3) is 0 Å².